The first-order valence-electron chi connectivity index (χ1n) is 6.34. The van der Waals surface area contributed by atoms with E-state index in [1.807, 2.05) is 7.05 Å². The molecule has 7 heteroatoms. The smallest absolute Gasteiger partial charge is 0.354 e. The number of carboxylic acids is 1. The Morgan fingerprint density at radius 3 is 3.05 bits per heavy atom. The first-order chi connectivity index (χ1) is 9.09. The fourth-order valence-corrected chi connectivity index (χ4v) is 2.33. The second-order valence-corrected chi connectivity index (χ2v) is 4.77. The van der Waals surface area contributed by atoms with Crippen molar-refractivity contribution in [3.05, 3.63) is 17.7 Å². The van der Waals surface area contributed by atoms with E-state index in [2.05, 4.69) is 20.2 Å². The van der Waals surface area contributed by atoms with E-state index in [1.54, 1.807) is 0 Å². The molecule has 1 aliphatic rings. The Labute approximate surface area is 111 Å². The van der Waals surface area contributed by atoms with Gasteiger partial charge in [0.1, 0.15) is 0 Å². The number of nitrogens with zero attached hydrogens (tertiary/aromatic N) is 2. The maximum absolute atomic E-state index is 11.9. The van der Waals surface area contributed by atoms with Crippen molar-refractivity contribution >= 4 is 11.9 Å². The van der Waals surface area contributed by atoms with Crippen LogP contribution in [0.4, 0.5) is 0 Å². The maximum atomic E-state index is 11.9. The highest BCUT2D eigenvalue weighted by molar-refractivity contribution is 6.02. The molecule has 2 rings (SSSR count). The van der Waals surface area contributed by atoms with Crippen molar-refractivity contribution in [3.63, 3.8) is 0 Å². The summed E-state index contributed by atoms with van der Waals surface area (Å²) >= 11 is 0. The maximum Gasteiger partial charge on any atom is 0.354 e. The van der Waals surface area contributed by atoms with Gasteiger partial charge in [-0.25, -0.2) is 9.78 Å². The fraction of sp³-hybridized carbons (Fsp3) is 0.583. The number of carbonyl (C=O) groups is 2. The monoisotopic (exact) mass is 266 g/mol. The first kappa shape index (κ1) is 13.5. The van der Waals surface area contributed by atoms with Crippen LogP contribution in [0.25, 0.3) is 0 Å². The molecular formula is C12H18N4O3. The summed E-state index contributed by atoms with van der Waals surface area (Å²) in [6.07, 6.45) is 4.60. The Morgan fingerprint density at radius 2 is 2.37 bits per heavy atom. The number of imidazole rings is 1. The van der Waals surface area contributed by atoms with Crippen LogP contribution in [0.2, 0.25) is 0 Å². The van der Waals surface area contributed by atoms with E-state index >= 15 is 0 Å². The molecule has 104 valence electrons. The lowest BCUT2D eigenvalue weighted by atomic mass is 10.0. The lowest BCUT2D eigenvalue weighted by molar-refractivity contribution is 0.0684. The minimum Gasteiger partial charge on any atom is -0.477 e. The molecule has 19 heavy (non-hydrogen) atoms. The first-order valence-corrected chi connectivity index (χ1v) is 6.34. The topological polar surface area (TPSA) is 98.3 Å². The van der Waals surface area contributed by atoms with E-state index in [-0.39, 0.29) is 11.4 Å². The SMILES string of the molecule is CN1CCCCC1CNC(=O)c1nc[nH]c1C(=O)O. The number of nitrogens with one attached hydrogen (secondary N) is 2. The number of rotatable bonds is 4. The lowest BCUT2D eigenvalue weighted by Crippen LogP contribution is -2.44. The van der Waals surface area contributed by atoms with E-state index < -0.39 is 11.9 Å². The minimum absolute atomic E-state index is 0.0639. The Hall–Kier alpha value is -1.89. The summed E-state index contributed by atoms with van der Waals surface area (Å²) in [7, 11) is 2.03. The van der Waals surface area contributed by atoms with Gasteiger partial charge in [-0.05, 0) is 26.4 Å². The zero-order valence-corrected chi connectivity index (χ0v) is 10.8. The summed E-state index contributed by atoms with van der Waals surface area (Å²) in [6, 6.07) is 0.310. The standard InChI is InChI=1S/C12H18N4O3/c1-16-5-3-2-4-8(16)6-13-11(17)9-10(12(18)19)15-7-14-9/h7-8H,2-6H2,1H3,(H,13,17)(H,14,15)(H,18,19). The van der Waals surface area contributed by atoms with Crippen molar-refractivity contribution in [2.45, 2.75) is 25.3 Å². The molecule has 2 heterocycles. The van der Waals surface area contributed by atoms with Crippen LogP contribution < -0.4 is 5.32 Å². The van der Waals surface area contributed by atoms with Crippen molar-refractivity contribution in [2.75, 3.05) is 20.1 Å². The molecule has 1 amide bonds. The summed E-state index contributed by atoms with van der Waals surface area (Å²) in [5.74, 6) is -1.63. The molecule has 1 aromatic rings. The highest BCUT2D eigenvalue weighted by atomic mass is 16.4. The fourth-order valence-electron chi connectivity index (χ4n) is 2.33. The Kier molecular flexibility index (Phi) is 4.16. The van der Waals surface area contributed by atoms with Gasteiger partial charge in [0.2, 0.25) is 0 Å². The molecule has 1 fully saturated rings. The summed E-state index contributed by atoms with van der Waals surface area (Å²) in [6.45, 7) is 1.55. The molecule has 0 saturated carbocycles. The molecule has 1 aliphatic heterocycles. The Bertz CT molecular complexity index is 471. The average molecular weight is 266 g/mol. The third-order valence-electron chi connectivity index (χ3n) is 3.49. The van der Waals surface area contributed by atoms with Gasteiger partial charge in [-0.2, -0.15) is 0 Å². The lowest BCUT2D eigenvalue weighted by Gasteiger charge is -2.32. The summed E-state index contributed by atoms with van der Waals surface area (Å²) < 4.78 is 0. The predicted octanol–water partition coefficient (Wildman–Crippen LogP) is 0.322. The Balaban J connectivity index is 1.94. The molecule has 0 spiro atoms. The van der Waals surface area contributed by atoms with Crippen LogP contribution >= 0.6 is 0 Å². The number of hydrogen-bond donors (Lipinski definition) is 3. The molecule has 1 saturated heterocycles. The van der Waals surface area contributed by atoms with Crippen LogP contribution in [0, 0.1) is 0 Å². The normalized spacial score (nSPS) is 20.2. The van der Waals surface area contributed by atoms with E-state index in [0.717, 1.165) is 19.4 Å². The van der Waals surface area contributed by atoms with Crippen molar-refractivity contribution in [1.82, 2.24) is 20.2 Å². The van der Waals surface area contributed by atoms with E-state index in [9.17, 15) is 9.59 Å². The van der Waals surface area contributed by atoms with Gasteiger partial charge in [-0.15, -0.1) is 0 Å². The van der Waals surface area contributed by atoms with Crippen LogP contribution in [0.1, 0.15) is 40.2 Å². The van der Waals surface area contributed by atoms with Gasteiger partial charge in [-0.1, -0.05) is 6.42 Å². The number of aromatic nitrogens is 2. The molecule has 7 nitrogen and oxygen atoms in total. The van der Waals surface area contributed by atoms with Crippen LogP contribution in [0.3, 0.4) is 0 Å². The molecule has 0 aliphatic carbocycles. The Morgan fingerprint density at radius 1 is 1.58 bits per heavy atom. The molecule has 0 bridgehead atoms. The molecular weight excluding hydrogens is 248 g/mol. The zero-order valence-electron chi connectivity index (χ0n) is 10.8. The third kappa shape index (κ3) is 3.11. The van der Waals surface area contributed by atoms with Gasteiger partial charge >= 0.3 is 5.97 Å². The number of piperidine rings is 1. The number of hydrogen-bond acceptors (Lipinski definition) is 4. The predicted molar refractivity (Wildman–Crippen MR) is 68.1 cm³/mol. The summed E-state index contributed by atoms with van der Waals surface area (Å²) in [5, 5.41) is 11.7. The van der Waals surface area contributed by atoms with Gasteiger partial charge in [0.05, 0.1) is 6.33 Å². The largest absolute Gasteiger partial charge is 0.477 e. The van der Waals surface area contributed by atoms with Crippen molar-refractivity contribution in [2.24, 2.45) is 0 Å². The number of carboxylic acid groups (broad SMARTS) is 1. The van der Waals surface area contributed by atoms with Crippen molar-refractivity contribution in [1.29, 1.82) is 0 Å². The van der Waals surface area contributed by atoms with Gasteiger partial charge in [-0.3, -0.25) is 4.79 Å². The molecule has 0 aromatic carbocycles. The summed E-state index contributed by atoms with van der Waals surface area (Å²) in [5.41, 5.74) is -0.236. The average Bonchev–Trinajstić information content (AvgIpc) is 2.87. The molecule has 1 atom stereocenters. The quantitative estimate of drug-likeness (QED) is 0.729. The van der Waals surface area contributed by atoms with Crippen LogP contribution in [-0.2, 0) is 0 Å². The van der Waals surface area contributed by atoms with Crippen LogP contribution in [0.5, 0.6) is 0 Å². The number of likely N-dealkylation sites (tertiary alicyclic amines) is 1. The van der Waals surface area contributed by atoms with Crippen molar-refractivity contribution in [3.8, 4) is 0 Å². The second kappa shape index (κ2) is 5.83. The molecule has 3 N–H and O–H groups in total. The molecule has 1 unspecified atom stereocenters. The van der Waals surface area contributed by atoms with Crippen LogP contribution in [-0.4, -0.2) is 58.0 Å². The minimum atomic E-state index is -1.18. The number of carbonyl (C=O) groups excluding carboxylic acids is 1. The van der Waals surface area contributed by atoms with Crippen LogP contribution in [0.15, 0.2) is 6.33 Å². The zero-order chi connectivity index (χ0) is 13.8. The van der Waals surface area contributed by atoms with Gasteiger partial charge in [0.25, 0.3) is 5.91 Å². The molecule has 1 aromatic heterocycles. The third-order valence-corrected chi connectivity index (χ3v) is 3.49. The van der Waals surface area contributed by atoms with Gasteiger partial charge in [0, 0.05) is 12.6 Å². The highest BCUT2D eigenvalue weighted by Gasteiger charge is 2.22. The van der Waals surface area contributed by atoms with Crippen molar-refractivity contribution < 1.29 is 14.7 Å². The second-order valence-electron chi connectivity index (χ2n) is 4.77. The number of amides is 1. The number of H-pyrrole nitrogens is 1. The van der Waals surface area contributed by atoms with E-state index in [4.69, 9.17) is 5.11 Å². The number of aromatic carboxylic acids is 1. The molecule has 0 radical (unpaired) electrons. The van der Waals surface area contributed by atoms with E-state index in [0.29, 0.717) is 12.6 Å². The number of likely N-dealkylation sites (N-methyl/N-ethyl adjacent to an activating group) is 1. The number of aromatic amines is 1. The van der Waals surface area contributed by atoms with Gasteiger partial charge < -0.3 is 20.3 Å². The van der Waals surface area contributed by atoms with Gasteiger partial charge in [0.15, 0.2) is 11.4 Å². The van der Waals surface area contributed by atoms with E-state index in [1.165, 1.54) is 12.7 Å². The summed E-state index contributed by atoms with van der Waals surface area (Å²) in [4.78, 5) is 31.2. The highest BCUT2D eigenvalue weighted by Crippen LogP contribution is 2.14.